The SMILES string of the molecule is CC(C)C[C@@H](C(=O)N[C@@H](C[C@@H]1CCCNC1=O)C(=O)O)n1cccc(NC(=O)OC(C)(C)C)c1=O. The quantitative estimate of drug-likeness (QED) is 0.412. The Kier molecular flexibility index (Phi) is 9.44. The number of nitrogens with one attached hydrogen (secondary N) is 3. The molecule has 194 valence electrons. The Morgan fingerprint density at radius 1 is 1.26 bits per heavy atom. The number of amides is 3. The predicted molar refractivity (Wildman–Crippen MR) is 129 cm³/mol. The number of rotatable bonds is 9. The molecule has 2 heterocycles. The van der Waals surface area contributed by atoms with Gasteiger partial charge in [0.15, 0.2) is 0 Å². The summed E-state index contributed by atoms with van der Waals surface area (Å²) in [5, 5.41) is 17.3. The summed E-state index contributed by atoms with van der Waals surface area (Å²) in [7, 11) is 0. The van der Waals surface area contributed by atoms with Crippen molar-refractivity contribution >= 4 is 29.6 Å². The van der Waals surface area contributed by atoms with Gasteiger partial charge in [0.25, 0.3) is 5.56 Å². The van der Waals surface area contributed by atoms with Gasteiger partial charge < -0.3 is 25.0 Å². The number of carbonyl (C=O) groups is 4. The summed E-state index contributed by atoms with van der Waals surface area (Å²) in [5.41, 5.74) is -1.46. The largest absolute Gasteiger partial charge is 0.480 e. The average molecular weight is 493 g/mol. The standard InChI is InChI=1S/C24H36N4O7/c1-14(2)12-18(20(30)26-17(22(32)33)13-15-8-6-10-25-19(15)29)28-11-7-9-16(21(28)31)27-23(34)35-24(3,4)5/h7,9,11,14-15,17-18H,6,8,10,12-13H2,1-5H3,(H,25,29)(H,26,30)(H,27,34)(H,32,33)/t15-,17-,18-/m0/s1. The Balaban J connectivity index is 2.27. The van der Waals surface area contributed by atoms with Crippen LogP contribution in [0.4, 0.5) is 10.5 Å². The minimum atomic E-state index is -1.29. The summed E-state index contributed by atoms with van der Waals surface area (Å²) >= 11 is 0. The Bertz CT molecular complexity index is 996. The molecule has 11 nitrogen and oxygen atoms in total. The van der Waals surface area contributed by atoms with Gasteiger partial charge in [-0.1, -0.05) is 13.8 Å². The molecule has 11 heteroatoms. The van der Waals surface area contributed by atoms with Crippen LogP contribution in [0.3, 0.4) is 0 Å². The van der Waals surface area contributed by atoms with Gasteiger partial charge in [-0.2, -0.15) is 0 Å². The second-order valence-electron chi connectivity index (χ2n) is 10.2. The maximum absolute atomic E-state index is 13.2. The fourth-order valence-electron chi connectivity index (χ4n) is 3.89. The van der Waals surface area contributed by atoms with Gasteiger partial charge in [0.05, 0.1) is 0 Å². The lowest BCUT2D eigenvalue weighted by molar-refractivity contribution is -0.143. The van der Waals surface area contributed by atoms with E-state index >= 15 is 0 Å². The summed E-state index contributed by atoms with van der Waals surface area (Å²) < 4.78 is 6.37. The first-order valence-electron chi connectivity index (χ1n) is 11.8. The Morgan fingerprint density at radius 3 is 2.51 bits per heavy atom. The summed E-state index contributed by atoms with van der Waals surface area (Å²) in [5.74, 6) is -2.66. The van der Waals surface area contributed by atoms with E-state index in [1.807, 2.05) is 13.8 Å². The minimum Gasteiger partial charge on any atom is -0.480 e. The molecule has 1 aromatic rings. The maximum atomic E-state index is 13.2. The Hall–Kier alpha value is -3.37. The summed E-state index contributed by atoms with van der Waals surface area (Å²) in [6.45, 7) is 9.36. The number of aromatic nitrogens is 1. The molecule has 35 heavy (non-hydrogen) atoms. The molecule has 3 amide bonds. The van der Waals surface area contributed by atoms with Crippen molar-refractivity contribution in [3.63, 3.8) is 0 Å². The van der Waals surface area contributed by atoms with Gasteiger partial charge in [-0.25, -0.2) is 9.59 Å². The smallest absolute Gasteiger partial charge is 0.412 e. The fraction of sp³-hybridized carbons (Fsp3) is 0.625. The lowest BCUT2D eigenvalue weighted by atomic mass is 9.91. The molecule has 0 spiro atoms. The molecular weight excluding hydrogens is 456 g/mol. The third-order valence-corrected chi connectivity index (χ3v) is 5.48. The van der Waals surface area contributed by atoms with Gasteiger partial charge in [0.1, 0.15) is 23.4 Å². The number of hydrogen-bond acceptors (Lipinski definition) is 6. The molecule has 0 aromatic carbocycles. The molecule has 0 bridgehead atoms. The topological polar surface area (TPSA) is 156 Å². The lowest BCUT2D eigenvalue weighted by Crippen LogP contribution is -2.48. The van der Waals surface area contributed by atoms with E-state index in [1.54, 1.807) is 20.8 Å². The van der Waals surface area contributed by atoms with Crippen LogP contribution in [0, 0.1) is 11.8 Å². The van der Waals surface area contributed by atoms with Crippen LogP contribution in [0.1, 0.15) is 66.3 Å². The molecule has 1 saturated heterocycles. The fourth-order valence-corrected chi connectivity index (χ4v) is 3.89. The number of hydrogen-bond donors (Lipinski definition) is 4. The molecule has 0 radical (unpaired) electrons. The number of pyridine rings is 1. The minimum absolute atomic E-state index is 0.00692. The van der Waals surface area contributed by atoms with E-state index < -0.39 is 47.1 Å². The second-order valence-corrected chi connectivity index (χ2v) is 10.2. The van der Waals surface area contributed by atoms with E-state index in [1.165, 1.54) is 22.9 Å². The highest BCUT2D eigenvalue weighted by molar-refractivity contribution is 5.87. The van der Waals surface area contributed by atoms with Gasteiger partial charge in [0, 0.05) is 18.7 Å². The van der Waals surface area contributed by atoms with E-state index in [-0.39, 0.29) is 30.4 Å². The molecule has 0 saturated carbocycles. The molecule has 0 aliphatic carbocycles. The van der Waals surface area contributed by atoms with E-state index in [0.717, 1.165) is 6.42 Å². The normalized spacial score (nSPS) is 17.8. The van der Waals surface area contributed by atoms with Crippen LogP contribution in [-0.2, 0) is 19.1 Å². The number of aliphatic carboxylic acids is 1. The van der Waals surface area contributed by atoms with E-state index in [2.05, 4.69) is 16.0 Å². The first kappa shape index (κ1) is 27.9. The summed E-state index contributed by atoms with van der Waals surface area (Å²) in [4.78, 5) is 62.5. The molecule has 1 aromatic heterocycles. The van der Waals surface area contributed by atoms with Crippen molar-refractivity contribution in [3.8, 4) is 0 Å². The first-order chi connectivity index (χ1) is 16.3. The number of anilines is 1. The molecule has 2 rings (SSSR count). The Labute approximate surface area is 204 Å². The van der Waals surface area contributed by atoms with Crippen molar-refractivity contribution in [1.29, 1.82) is 0 Å². The van der Waals surface area contributed by atoms with Crippen LogP contribution >= 0.6 is 0 Å². The zero-order valence-electron chi connectivity index (χ0n) is 20.9. The zero-order chi connectivity index (χ0) is 26.3. The predicted octanol–water partition coefficient (Wildman–Crippen LogP) is 2.27. The van der Waals surface area contributed by atoms with Crippen molar-refractivity contribution in [2.75, 3.05) is 11.9 Å². The summed E-state index contributed by atoms with van der Waals surface area (Å²) in [6.07, 6.45) is 2.08. The number of carbonyl (C=O) groups excluding carboxylic acids is 3. The Morgan fingerprint density at radius 2 is 1.94 bits per heavy atom. The van der Waals surface area contributed by atoms with Gasteiger partial charge >= 0.3 is 12.1 Å². The number of ether oxygens (including phenoxy) is 1. The third-order valence-electron chi connectivity index (χ3n) is 5.48. The van der Waals surface area contributed by atoms with Crippen molar-refractivity contribution in [2.24, 2.45) is 11.8 Å². The van der Waals surface area contributed by atoms with Gasteiger partial charge in [-0.05, 0) is 64.5 Å². The molecule has 3 atom stereocenters. The van der Waals surface area contributed by atoms with Crippen molar-refractivity contribution < 1.29 is 29.0 Å². The van der Waals surface area contributed by atoms with Crippen LogP contribution < -0.4 is 21.5 Å². The van der Waals surface area contributed by atoms with Crippen molar-refractivity contribution in [3.05, 3.63) is 28.7 Å². The molecule has 1 aliphatic rings. The number of carboxylic acid groups (broad SMARTS) is 1. The highest BCUT2D eigenvalue weighted by atomic mass is 16.6. The molecular formula is C24H36N4O7. The van der Waals surface area contributed by atoms with Crippen LogP contribution in [0.2, 0.25) is 0 Å². The van der Waals surface area contributed by atoms with Gasteiger partial charge in [0.2, 0.25) is 11.8 Å². The van der Waals surface area contributed by atoms with E-state index in [9.17, 15) is 29.1 Å². The number of carboxylic acids is 1. The molecule has 4 N–H and O–H groups in total. The molecule has 1 fully saturated rings. The molecule has 1 aliphatic heterocycles. The summed E-state index contributed by atoms with van der Waals surface area (Å²) in [6, 6.07) is 0.597. The highest BCUT2D eigenvalue weighted by Crippen LogP contribution is 2.21. The lowest BCUT2D eigenvalue weighted by Gasteiger charge is -2.27. The number of piperidine rings is 1. The maximum Gasteiger partial charge on any atom is 0.412 e. The monoisotopic (exact) mass is 492 g/mol. The zero-order valence-corrected chi connectivity index (χ0v) is 20.9. The van der Waals surface area contributed by atoms with Crippen molar-refractivity contribution in [2.45, 2.75) is 78.0 Å². The molecule has 0 unspecified atom stereocenters. The van der Waals surface area contributed by atoms with Crippen LogP contribution in [0.15, 0.2) is 23.1 Å². The first-order valence-corrected chi connectivity index (χ1v) is 11.8. The van der Waals surface area contributed by atoms with Crippen LogP contribution in [0.5, 0.6) is 0 Å². The second kappa shape index (κ2) is 11.9. The van der Waals surface area contributed by atoms with Crippen LogP contribution in [0.25, 0.3) is 0 Å². The average Bonchev–Trinajstić information content (AvgIpc) is 2.73. The van der Waals surface area contributed by atoms with E-state index in [4.69, 9.17) is 4.74 Å². The van der Waals surface area contributed by atoms with Crippen LogP contribution in [-0.4, -0.2) is 51.7 Å². The highest BCUT2D eigenvalue weighted by Gasteiger charge is 2.32. The van der Waals surface area contributed by atoms with Crippen molar-refractivity contribution in [1.82, 2.24) is 15.2 Å². The van der Waals surface area contributed by atoms with E-state index in [0.29, 0.717) is 13.0 Å². The third kappa shape index (κ3) is 8.41. The van der Waals surface area contributed by atoms with Gasteiger partial charge in [-0.15, -0.1) is 0 Å². The number of nitrogens with zero attached hydrogens (tertiary/aromatic N) is 1. The van der Waals surface area contributed by atoms with Gasteiger partial charge in [-0.3, -0.25) is 19.7 Å².